The van der Waals surface area contributed by atoms with Crippen molar-refractivity contribution in [2.75, 3.05) is 26.8 Å². The van der Waals surface area contributed by atoms with Gasteiger partial charge in [-0.25, -0.2) is 0 Å². The van der Waals surface area contributed by atoms with Gasteiger partial charge in [-0.3, -0.25) is 4.79 Å². The Balaban J connectivity index is 1.50. The first-order valence-corrected chi connectivity index (χ1v) is 9.56. The Morgan fingerprint density at radius 2 is 2.29 bits per heavy atom. The van der Waals surface area contributed by atoms with Crippen LogP contribution in [0.5, 0.6) is 11.5 Å². The molecule has 2 heterocycles. The minimum Gasteiger partial charge on any atom is -0.493 e. The number of nitriles is 1. The molecule has 1 aromatic heterocycles. The van der Waals surface area contributed by atoms with Crippen LogP contribution in [0.15, 0.2) is 28.8 Å². The number of aromatic nitrogens is 1. The molecule has 0 saturated carbocycles. The molecule has 148 valence electrons. The van der Waals surface area contributed by atoms with E-state index in [9.17, 15) is 4.79 Å². The van der Waals surface area contributed by atoms with Crippen molar-refractivity contribution in [3.05, 3.63) is 40.7 Å². The van der Waals surface area contributed by atoms with E-state index in [0.717, 1.165) is 19.4 Å². The van der Waals surface area contributed by atoms with E-state index < -0.39 is 0 Å². The van der Waals surface area contributed by atoms with Gasteiger partial charge in [0.1, 0.15) is 5.76 Å². The number of hydrogen-bond donors (Lipinski definition) is 0. The van der Waals surface area contributed by atoms with Gasteiger partial charge < -0.3 is 18.9 Å². The van der Waals surface area contributed by atoms with E-state index in [1.807, 2.05) is 4.90 Å². The lowest BCUT2D eigenvalue weighted by Gasteiger charge is -2.32. The SMILES string of the molecule is COc1cc(C#N)ccc1OCC1CCCN(C(=O)CCc2cc(Cl)no2)C1. The van der Waals surface area contributed by atoms with Gasteiger partial charge in [0.15, 0.2) is 16.7 Å². The predicted molar refractivity (Wildman–Crippen MR) is 102 cm³/mol. The fourth-order valence-electron chi connectivity index (χ4n) is 3.29. The molecule has 28 heavy (non-hydrogen) atoms. The number of nitrogens with zero attached hydrogens (tertiary/aromatic N) is 3. The lowest BCUT2D eigenvalue weighted by atomic mass is 9.98. The number of rotatable bonds is 7. The number of piperidine rings is 1. The first-order valence-electron chi connectivity index (χ1n) is 9.19. The summed E-state index contributed by atoms with van der Waals surface area (Å²) < 4.78 is 16.3. The van der Waals surface area contributed by atoms with Crippen LogP contribution in [0.4, 0.5) is 0 Å². The van der Waals surface area contributed by atoms with Gasteiger partial charge >= 0.3 is 0 Å². The quantitative estimate of drug-likeness (QED) is 0.703. The molecule has 1 aromatic carbocycles. The van der Waals surface area contributed by atoms with Gasteiger partial charge in [0, 0.05) is 44.0 Å². The lowest BCUT2D eigenvalue weighted by Crippen LogP contribution is -2.41. The van der Waals surface area contributed by atoms with E-state index in [1.165, 1.54) is 0 Å². The second-order valence-corrected chi connectivity index (χ2v) is 7.14. The monoisotopic (exact) mass is 403 g/mol. The van der Waals surface area contributed by atoms with Crippen molar-refractivity contribution in [1.82, 2.24) is 10.1 Å². The molecule has 0 bridgehead atoms. The fourth-order valence-corrected chi connectivity index (χ4v) is 3.44. The minimum absolute atomic E-state index is 0.0909. The van der Waals surface area contributed by atoms with E-state index in [-0.39, 0.29) is 11.8 Å². The summed E-state index contributed by atoms with van der Waals surface area (Å²) in [5.74, 6) is 2.09. The number of carbonyl (C=O) groups excluding carboxylic acids is 1. The smallest absolute Gasteiger partial charge is 0.223 e. The van der Waals surface area contributed by atoms with Gasteiger partial charge in [0.05, 0.1) is 25.3 Å². The van der Waals surface area contributed by atoms with E-state index >= 15 is 0 Å². The van der Waals surface area contributed by atoms with Crippen molar-refractivity contribution >= 4 is 17.5 Å². The Labute approximate surface area is 168 Å². The zero-order valence-corrected chi connectivity index (χ0v) is 16.4. The van der Waals surface area contributed by atoms with Gasteiger partial charge in [-0.05, 0) is 25.0 Å². The maximum absolute atomic E-state index is 12.5. The third-order valence-corrected chi connectivity index (χ3v) is 4.93. The Morgan fingerprint density at radius 3 is 3.00 bits per heavy atom. The molecule has 0 spiro atoms. The van der Waals surface area contributed by atoms with Crippen LogP contribution in [0.25, 0.3) is 0 Å². The number of amides is 1. The highest BCUT2D eigenvalue weighted by Gasteiger charge is 2.24. The highest BCUT2D eigenvalue weighted by molar-refractivity contribution is 6.29. The largest absolute Gasteiger partial charge is 0.493 e. The molecule has 1 saturated heterocycles. The summed E-state index contributed by atoms with van der Waals surface area (Å²) in [6, 6.07) is 8.81. The van der Waals surface area contributed by atoms with Crippen LogP contribution in [-0.2, 0) is 11.2 Å². The molecule has 3 rings (SSSR count). The molecule has 1 amide bonds. The predicted octanol–water partition coefficient (Wildman–Crippen LogP) is 3.46. The molecular weight excluding hydrogens is 382 g/mol. The first-order chi connectivity index (χ1) is 13.6. The second kappa shape index (κ2) is 9.47. The van der Waals surface area contributed by atoms with Crippen molar-refractivity contribution in [2.24, 2.45) is 5.92 Å². The van der Waals surface area contributed by atoms with E-state index in [4.69, 9.17) is 30.9 Å². The summed E-state index contributed by atoms with van der Waals surface area (Å²) in [6.45, 7) is 1.91. The normalized spacial score (nSPS) is 16.5. The summed E-state index contributed by atoms with van der Waals surface area (Å²) in [6.07, 6.45) is 2.79. The van der Waals surface area contributed by atoms with E-state index in [1.54, 1.807) is 31.4 Å². The highest BCUT2D eigenvalue weighted by atomic mass is 35.5. The molecule has 0 radical (unpaired) electrons. The van der Waals surface area contributed by atoms with Crippen LogP contribution in [0.2, 0.25) is 5.15 Å². The number of halogens is 1. The number of likely N-dealkylation sites (tertiary alicyclic amines) is 1. The molecule has 1 atom stereocenters. The summed E-state index contributed by atoms with van der Waals surface area (Å²) >= 11 is 5.73. The Bertz CT molecular complexity index is 861. The molecule has 2 aromatic rings. The van der Waals surface area contributed by atoms with Crippen LogP contribution < -0.4 is 9.47 Å². The van der Waals surface area contributed by atoms with Crippen molar-refractivity contribution in [2.45, 2.75) is 25.7 Å². The maximum Gasteiger partial charge on any atom is 0.223 e. The zero-order valence-electron chi connectivity index (χ0n) is 15.7. The number of hydrogen-bond acceptors (Lipinski definition) is 6. The van der Waals surface area contributed by atoms with Gasteiger partial charge in [0.2, 0.25) is 5.91 Å². The van der Waals surface area contributed by atoms with Crippen molar-refractivity contribution < 1.29 is 18.8 Å². The van der Waals surface area contributed by atoms with Gasteiger partial charge in [-0.1, -0.05) is 16.8 Å². The maximum atomic E-state index is 12.5. The number of ether oxygens (including phenoxy) is 2. The van der Waals surface area contributed by atoms with Crippen LogP contribution in [0.1, 0.15) is 30.6 Å². The molecule has 1 fully saturated rings. The Hall–Kier alpha value is -2.72. The molecular formula is C20H22ClN3O4. The zero-order chi connectivity index (χ0) is 19.9. The third kappa shape index (κ3) is 5.17. The number of methoxy groups -OCH3 is 1. The molecule has 0 aliphatic carbocycles. The van der Waals surface area contributed by atoms with E-state index in [0.29, 0.717) is 54.0 Å². The molecule has 1 unspecified atom stereocenters. The summed E-state index contributed by atoms with van der Waals surface area (Å²) in [5.41, 5.74) is 0.520. The van der Waals surface area contributed by atoms with E-state index in [2.05, 4.69) is 11.2 Å². The lowest BCUT2D eigenvalue weighted by molar-refractivity contribution is -0.133. The summed E-state index contributed by atoms with van der Waals surface area (Å²) in [5, 5.41) is 12.9. The number of aryl methyl sites for hydroxylation is 1. The molecule has 1 aliphatic rings. The number of carbonyl (C=O) groups is 1. The highest BCUT2D eigenvalue weighted by Crippen LogP contribution is 2.29. The molecule has 8 heteroatoms. The molecule has 1 aliphatic heterocycles. The molecule has 7 nitrogen and oxygen atoms in total. The Morgan fingerprint density at radius 1 is 1.43 bits per heavy atom. The average Bonchev–Trinajstić information content (AvgIpc) is 3.15. The summed E-state index contributed by atoms with van der Waals surface area (Å²) in [4.78, 5) is 14.4. The Kier molecular flexibility index (Phi) is 6.77. The van der Waals surface area contributed by atoms with Crippen LogP contribution in [-0.4, -0.2) is 42.8 Å². The minimum atomic E-state index is 0.0909. The van der Waals surface area contributed by atoms with Gasteiger partial charge in [0.25, 0.3) is 0 Å². The van der Waals surface area contributed by atoms with Gasteiger partial charge in [-0.2, -0.15) is 5.26 Å². The van der Waals surface area contributed by atoms with Crippen LogP contribution >= 0.6 is 11.6 Å². The first kappa shape index (κ1) is 20.0. The van der Waals surface area contributed by atoms with Crippen LogP contribution in [0.3, 0.4) is 0 Å². The third-order valence-electron chi connectivity index (χ3n) is 4.75. The second-order valence-electron chi connectivity index (χ2n) is 6.75. The van der Waals surface area contributed by atoms with Crippen molar-refractivity contribution in [1.29, 1.82) is 5.26 Å². The van der Waals surface area contributed by atoms with Crippen molar-refractivity contribution in [3.8, 4) is 17.6 Å². The molecule has 0 N–H and O–H groups in total. The average molecular weight is 404 g/mol. The van der Waals surface area contributed by atoms with Crippen molar-refractivity contribution in [3.63, 3.8) is 0 Å². The summed E-state index contributed by atoms with van der Waals surface area (Å²) in [7, 11) is 1.55. The topological polar surface area (TPSA) is 88.6 Å². The fraction of sp³-hybridized carbons (Fsp3) is 0.450. The van der Waals surface area contributed by atoms with Gasteiger partial charge in [-0.15, -0.1) is 0 Å². The standard InChI is InChI=1S/C20H22ClN3O4/c1-26-18-9-14(11-22)4-6-17(18)27-13-15-3-2-8-24(12-15)20(25)7-5-16-10-19(21)23-28-16/h4,6,9-10,15H,2-3,5,7-8,12-13H2,1H3. The number of benzene rings is 1. The van der Waals surface area contributed by atoms with Crippen LogP contribution in [0, 0.1) is 17.2 Å².